The number of hydrogen-bond acceptors (Lipinski definition) is 4. The van der Waals surface area contributed by atoms with Crippen LogP contribution in [0.15, 0.2) is 12.7 Å². The summed E-state index contributed by atoms with van der Waals surface area (Å²) in [7, 11) is 4.08. The van der Waals surface area contributed by atoms with Crippen molar-refractivity contribution in [2.75, 3.05) is 14.2 Å². The first-order valence-corrected chi connectivity index (χ1v) is 8.54. The monoisotopic (exact) mass is 300 g/mol. The van der Waals surface area contributed by atoms with E-state index in [0.29, 0.717) is 0 Å². The normalized spacial score (nSPS) is 12.4. The molecule has 0 aliphatic carbocycles. The topological polar surface area (TPSA) is 44.8 Å². The van der Waals surface area contributed by atoms with Gasteiger partial charge >= 0.3 is 5.97 Å². The summed E-state index contributed by atoms with van der Waals surface area (Å²) in [5.74, 6) is -0.361. The molecule has 0 rings (SSSR count). The summed E-state index contributed by atoms with van der Waals surface area (Å²) in [5, 5.41) is 0. The first-order valence-electron chi connectivity index (χ1n) is 7.26. The molecule has 0 saturated carbocycles. The number of methoxy groups -OCH3 is 2. The molecule has 0 saturated heterocycles. The summed E-state index contributed by atoms with van der Waals surface area (Å²) in [5.41, 5.74) is 0. The molecule has 0 aliphatic rings. The van der Waals surface area contributed by atoms with Gasteiger partial charge < -0.3 is 14.2 Å². The Morgan fingerprint density at radius 3 is 2.35 bits per heavy atom. The molecule has 116 valence electrons. The number of unbranched alkanes of at least 4 members (excludes halogenated alkanes) is 4. The summed E-state index contributed by atoms with van der Waals surface area (Å²) >= 11 is 0. The van der Waals surface area contributed by atoms with Crippen LogP contribution in [0, 0.1) is 0 Å². The highest BCUT2D eigenvalue weighted by atomic mass is 28.2. The van der Waals surface area contributed by atoms with Gasteiger partial charge in [0.2, 0.25) is 0 Å². The first-order chi connectivity index (χ1) is 9.63. The highest BCUT2D eigenvalue weighted by Gasteiger charge is 2.06. The Bertz CT molecular complexity index is 254. The van der Waals surface area contributed by atoms with Crippen molar-refractivity contribution >= 4 is 15.5 Å². The molecule has 1 atom stereocenters. The second-order valence-electron chi connectivity index (χ2n) is 4.77. The fraction of sp³-hybridized carbons (Fsp3) is 0.800. The van der Waals surface area contributed by atoms with E-state index < -0.39 is 0 Å². The Morgan fingerprint density at radius 2 is 1.75 bits per heavy atom. The van der Waals surface area contributed by atoms with Crippen molar-refractivity contribution in [1.82, 2.24) is 0 Å². The predicted molar refractivity (Wildman–Crippen MR) is 81.8 cm³/mol. The molecule has 0 aromatic heterocycles. The Morgan fingerprint density at radius 1 is 1.15 bits per heavy atom. The standard InChI is InChI=1S/C15H28O4Si/c1-5-14(16)19-13(2)11-9-7-6-8-10-12-20-15(17-3)18-4/h5,13,15H,1,6-12H2,2-4H3. The highest BCUT2D eigenvalue weighted by molar-refractivity contribution is 6.36. The molecule has 0 N–H and O–H groups in total. The van der Waals surface area contributed by atoms with Crippen LogP contribution in [0.2, 0.25) is 6.04 Å². The molecular formula is C15H28O4Si. The van der Waals surface area contributed by atoms with Crippen LogP contribution in [-0.2, 0) is 19.0 Å². The molecule has 2 radical (unpaired) electrons. The van der Waals surface area contributed by atoms with Crippen LogP contribution in [0.3, 0.4) is 0 Å². The van der Waals surface area contributed by atoms with Crippen molar-refractivity contribution in [2.24, 2.45) is 0 Å². The zero-order chi connectivity index (χ0) is 15.2. The van der Waals surface area contributed by atoms with E-state index in [9.17, 15) is 4.79 Å². The van der Waals surface area contributed by atoms with Crippen molar-refractivity contribution in [3.8, 4) is 0 Å². The van der Waals surface area contributed by atoms with Gasteiger partial charge in [-0.05, 0) is 19.8 Å². The first kappa shape index (κ1) is 19.3. The minimum absolute atomic E-state index is 0.00820. The lowest BCUT2D eigenvalue weighted by atomic mass is 10.1. The Balaban J connectivity index is 3.32. The largest absolute Gasteiger partial charge is 0.460 e. The third kappa shape index (κ3) is 11.2. The molecule has 4 nitrogen and oxygen atoms in total. The van der Waals surface area contributed by atoms with E-state index in [-0.39, 0.29) is 18.0 Å². The van der Waals surface area contributed by atoms with Crippen LogP contribution in [0.4, 0.5) is 0 Å². The maximum absolute atomic E-state index is 11.0. The van der Waals surface area contributed by atoms with Crippen molar-refractivity contribution in [1.29, 1.82) is 0 Å². The fourth-order valence-electron chi connectivity index (χ4n) is 1.88. The lowest BCUT2D eigenvalue weighted by molar-refractivity contribution is -0.142. The molecule has 0 aromatic rings. The van der Waals surface area contributed by atoms with E-state index in [0.717, 1.165) is 22.4 Å². The third-order valence-corrected chi connectivity index (χ3v) is 4.46. The molecular weight excluding hydrogens is 272 g/mol. The van der Waals surface area contributed by atoms with E-state index in [1.807, 2.05) is 6.92 Å². The maximum Gasteiger partial charge on any atom is 0.330 e. The number of carbonyl (C=O) groups excluding carboxylic acids is 1. The number of hydrogen-bond donors (Lipinski definition) is 0. The number of rotatable bonds is 13. The van der Waals surface area contributed by atoms with E-state index in [1.54, 1.807) is 14.2 Å². The number of ether oxygens (including phenoxy) is 3. The van der Waals surface area contributed by atoms with Crippen LogP contribution >= 0.6 is 0 Å². The second-order valence-corrected chi connectivity index (χ2v) is 6.15. The fourth-order valence-corrected chi connectivity index (χ4v) is 2.90. The van der Waals surface area contributed by atoms with Crippen LogP contribution < -0.4 is 0 Å². The molecule has 0 amide bonds. The van der Waals surface area contributed by atoms with Gasteiger partial charge in [0.15, 0.2) is 0 Å². The van der Waals surface area contributed by atoms with Gasteiger partial charge in [-0.25, -0.2) is 4.79 Å². The molecule has 0 bridgehead atoms. The zero-order valence-electron chi connectivity index (χ0n) is 13.0. The van der Waals surface area contributed by atoms with Crippen molar-refractivity contribution < 1.29 is 19.0 Å². The zero-order valence-corrected chi connectivity index (χ0v) is 14.0. The average molecular weight is 300 g/mol. The number of carbonyl (C=O) groups is 1. The molecule has 0 spiro atoms. The second kappa shape index (κ2) is 13.3. The van der Waals surface area contributed by atoms with Gasteiger partial charge in [-0.2, -0.15) is 0 Å². The van der Waals surface area contributed by atoms with Crippen molar-refractivity contribution in [2.45, 2.75) is 63.5 Å². The van der Waals surface area contributed by atoms with Crippen LogP contribution in [-0.4, -0.2) is 41.7 Å². The smallest absolute Gasteiger partial charge is 0.330 e. The summed E-state index contributed by atoms with van der Waals surface area (Å²) < 4.78 is 15.4. The molecule has 0 aliphatic heterocycles. The number of esters is 1. The van der Waals surface area contributed by atoms with E-state index in [2.05, 4.69) is 6.58 Å². The summed E-state index contributed by atoms with van der Waals surface area (Å²) in [6.45, 7) is 5.31. The molecule has 0 aromatic carbocycles. The van der Waals surface area contributed by atoms with Gasteiger partial charge in [-0.15, -0.1) is 0 Å². The van der Waals surface area contributed by atoms with Gasteiger partial charge in [0.25, 0.3) is 0 Å². The van der Waals surface area contributed by atoms with Crippen LogP contribution in [0.5, 0.6) is 0 Å². The SMILES string of the molecule is C=CC(=O)OC(C)CCCCCCC[Si]C(OC)OC. The summed E-state index contributed by atoms with van der Waals surface area (Å²) in [6, 6.07) is 1.17. The van der Waals surface area contributed by atoms with Crippen LogP contribution in [0.1, 0.15) is 45.4 Å². The van der Waals surface area contributed by atoms with Crippen molar-refractivity contribution in [3.05, 3.63) is 12.7 Å². The Hall–Kier alpha value is -0.653. The van der Waals surface area contributed by atoms with Gasteiger partial charge in [0, 0.05) is 20.3 Å². The van der Waals surface area contributed by atoms with E-state index in [4.69, 9.17) is 14.2 Å². The minimum atomic E-state index is -0.329. The lowest BCUT2D eigenvalue weighted by Crippen LogP contribution is -2.20. The Kier molecular flexibility index (Phi) is 12.9. The Labute approximate surface area is 125 Å². The van der Waals surface area contributed by atoms with Crippen molar-refractivity contribution in [3.63, 3.8) is 0 Å². The van der Waals surface area contributed by atoms with E-state index >= 15 is 0 Å². The quantitative estimate of drug-likeness (QED) is 0.172. The molecule has 0 fully saturated rings. The molecule has 0 heterocycles. The summed E-state index contributed by atoms with van der Waals surface area (Å²) in [6.07, 6.45) is 8.13. The van der Waals surface area contributed by atoms with E-state index in [1.165, 1.54) is 37.8 Å². The average Bonchev–Trinajstić information content (AvgIpc) is 2.45. The van der Waals surface area contributed by atoms with Gasteiger partial charge in [-0.3, -0.25) is 0 Å². The van der Waals surface area contributed by atoms with Crippen LogP contribution in [0.25, 0.3) is 0 Å². The maximum atomic E-state index is 11.0. The predicted octanol–water partition coefficient (Wildman–Crippen LogP) is 3.14. The molecule has 5 heteroatoms. The lowest BCUT2D eigenvalue weighted by Gasteiger charge is -2.12. The minimum Gasteiger partial charge on any atom is -0.460 e. The highest BCUT2D eigenvalue weighted by Crippen LogP contribution is 2.11. The van der Waals surface area contributed by atoms with Gasteiger partial charge in [-0.1, -0.05) is 38.3 Å². The van der Waals surface area contributed by atoms with Gasteiger partial charge in [0.1, 0.15) is 15.4 Å². The van der Waals surface area contributed by atoms with Gasteiger partial charge in [0.05, 0.1) is 6.10 Å². The summed E-state index contributed by atoms with van der Waals surface area (Å²) in [4.78, 5) is 11.0. The molecule has 1 unspecified atom stereocenters. The molecule has 20 heavy (non-hydrogen) atoms. The third-order valence-electron chi connectivity index (χ3n) is 3.01.